The van der Waals surface area contributed by atoms with Gasteiger partial charge in [-0.05, 0) is 30.2 Å². The highest BCUT2D eigenvalue weighted by atomic mass is 35.5. The van der Waals surface area contributed by atoms with Gasteiger partial charge in [0, 0.05) is 17.3 Å². The van der Waals surface area contributed by atoms with Crippen molar-refractivity contribution in [1.82, 2.24) is 4.90 Å². The third kappa shape index (κ3) is 4.00. The summed E-state index contributed by atoms with van der Waals surface area (Å²) in [7, 11) is 0. The molecule has 2 aromatic carbocycles. The SMILES string of the molecule is Cc1c(Cl)cccc1NC(=O)[C@H]1COCC(=O)N1Cc1ccccc1. The fourth-order valence-electron chi connectivity index (χ4n) is 2.76. The van der Waals surface area contributed by atoms with Crippen molar-refractivity contribution in [3.8, 4) is 0 Å². The summed E-state index contributed by atoms with van der Waals surface area (Å²) in [6, 6.07) is 14.2. The Morgan fingerprint density at radius 1 is 1.24 bits per heavy atom. The molecule has 0 aliphatic carbocycles. The molecule has 2 amide bonds. The van der Waals surface area contributed by atoms with Gasteiger partial charge in [0.05, 0.1) is 6.61 Å². The van der Waals surface area contributed by atoms with Crippen LogP contribution in [0.25, 0.3) is 0 Å². The number of carbonyl (C=O) groups is 2. The standard InChI is InChI=1S/C19H19ClN2O3/c1-13-15(20)8-5-9-16(13)21-19(24)17-11-25-12-18(23)22(17)10-14-6-3-2-4-7-14/h2-9,17H,10-12H2,1H3,(H,21,24)/t17-/m1/s1. The van der Waals surface area contributed by atoms with Crippen LogP contribution in [0.5, 0.6) is 0 Å². The number of rotatable bonds is 4. The fraction of sp³-hybridized carbons (Fsp3) is 0.263. The molecular weight excluding hydrogens is 340 g/mol. The maximum Gasteiger partial charge on any atom is 0.249 e. The topological polar surface area (TPSA) is 58.6 Å². The van der Waals surface area contributed by atoms with Crippen molar-refractivity contribution in [3.63, 3.8) is 0 Å². The zero-order valence-electron chi connectivity index (χ0n) is 13.9. The Balaban J connectivity index is 1.78. The first-order chi connectivity index (χ1) is 12.1. The highest BCUT2D eigenvalue weighted by Gasteiger charge is 2.34. The average molecular weight is 359 g/mol. The zero-order valence-corrected chi connectivity index (χ0v) is 14.6. The van der Waals surface area contributed by atoms with Crippen LogP contribution in [0.15, 0.2) is 48.5 Å². The number of ether oxygens (including phenoxy) is 1. The summed E-state index contributed by atoms with van der Waals surface area (Å²) < 4.78 is 5.30. The number of carbonyl (C=O) groups excluding carboxylic acids is 2. The second kappa shape index (κ2) is 7.68. The van der Waals surface area contributed by atoms with Crippen molar-refractivity contribution < 1.29 is 14.3 Å². The van der Waals surface area contributed by atoms with E-state index in [0.29, 0.717) is 17.3 Å². The van der Waals surface area contributed by atoms with Gasteiger partial charge in [0.25, 0.3) is 0 Å². The normalized spacial score (nSPS) is 17.4. The number of hydrogen-bond donors (Lipinski definition) is 1. The van der Waals surface area contributed by atoms with E-state index in [-0.39, 0.29) is 25.0 Å². The molecule has 1 saturated heterocycles. The summed E-state index contributed by atoms with van der Waals surface area (Å²) in [5.41, 5.74) is 2.39. The first kappa shape index (κ1) is 17.5. The molecule has 6 heteroatoms. The molecule has 0 aromatic heterocycles. The van der Waals surface area contributed by atoms with E-state index in [0.717, 1.165) is 11.1 Å². The number of nitrogens with zero attached hydrogens (tertiary/aromatic N) is 1. The predicted octanol–water partition coefficient (Wildman–Crippen LogP) is 3.01. The second-order valence-electron chi connectivity index (χ2n) is 5.94. The molecule has 2 aromatic rings. The summed E-state index contributed by atoms with van der Waals surface area (Å²) in [6.07, 6.45) is 0. The van der Waals surface area contributed by atoms with Crippen LogP contribution < -0.4 is 5.32 Å². The molecule has 1 atom stereocenters. The molecule has 1 aliphatic rings. The molecule has 130 valence electrons. The number of morpholine rings is 1. The van der Waals surface area contributed by atoms with Gasteiger partial charge >= 0.3 is 0 Å². The van der Waals surface area contributed by atoms with E-state index < -0.39 is 6.04 Å². The van der Waals surface area contributed by atoms with Gasteiger partial charge in [0.2, 0.25) is 11.8 Å². The summed E-state index contributed by atoms with van der Waals surface area (Å²) >= 11 is 6.10. The van der Waals surface area contributed by atoms with Gasteiger partial charge in [-0.1, -0.05) is 48.0 Å². The largest absolute Gasteiger partial charge is 0.369 e. The van der Waals surface area contributed by atoms with Crippen molar-refractivity contribution in [1.29, 1.82) is 0 Å². The van der Waals surface area contributed by atoms with Crippen LogP contribution in [-0.2, 0) is 20.9 Å². The van der Waals surface area contributed by atoms with Crippen LogP contribution in [0.3, 0.4) is 0 Å². The first-order valence-corrected chi connectivity index (χ1v) is 8.41. The van der Waals surface area contributed by atoms with E-state index in [1.54, 1.807) is 23.1 Å². The minimum atomic E-state index is -0.681. The highest BCUT2D eigenvalue weighted by Crippen LogP contribution is 2.24. The molecule has 0 unspecified atom stereocenters. The Labute approximate surface area is 151 Å². The molecule has 0 radical (unpaired) electrons. The van der Waals surface area contributed by atoms with E-state index in [1.807, 2.05) is 37.3 Å². The molecule has 3 rings (SSSR count). The third-order valence-corrected chi connectivity index (χ3v) is 4.63. The summed E-state index contributed by atoms with van der Waals surface area (Å²) in [5, 5.41) is 3.44. The number of nitrogens with one attached hydrogen (secondary N) is 1. The van der Waals surface area contributed by atoms with Crippen LogP contribution >= 0.6 is 11.6 Å². The maximum absolute atomic E-state index is 12.7. The van der Waals surface area contributed by atoms with Crippen molar-refractivity contribution in [2.24, 2.45) is 0 Å². The Hall–Kier alpha value is -2.37. The van der Waals surface area contributed by atoms with Gasteiger partial charge in [-0.25, -0.2) is 0 Å². The number of benzene rings is 2. The Morgan fingerprint density at radius 2 is 2.00 bits per heavy atom. The van der Waals surface area contributed by atoms with Crippen LogP contribution in [0.4, 0.5) is 5.69 Å². The van der Waals surface area contributed by atoms with Crippen molar-refractivity contribution >= 4 is 29.1 Å². The predicted molar refractivity (Wildman–Crippen MR) is 96.4 cm³/mol. The van der Waals surface area contributed by atoms with Gasteiger partial charge in [-0.2, -0.15) is 0 Å². The average Bonchev–Trinajstić information content (AvgIpc) is 2.61. The first-order valence-electron chi connectivity index (χ1n) is 8.03. The molecule has 0 saturated carbocycles. The molecule has 25 heavy (non-hydrogen) atoms. The van der Waals surface area contributed by atoms with E-state index in [1.165, 1.54) is 0 Å². The maximum atomic E-state index is 12.7. The Kier molecular flexibility index (Phi) is 5.36. The molecule has 5 nitrogen and oxygen atoms in total. The molecule has 1 fully saturated rings. The minimum Gasteiger partial charge on any atom is -0.369 e. The van der Waals surface area contributed by atoms with Gasteiger partial charge < -0.3 is 15.0 Å². The van der Waals surface area contributed by atoms with E-state index in [4.69, 9.17) is 16.3 Å². The lowest BCUT2D eigenvalue weighted by Crippen LogP contribution is -2.54. The van der Waals surface area contributed by atoms with Crippen molar-refractivity contribution in [2.75, 3.05) is 18.5 Å². The van der Waals surface area contributed by atoms with E-state index in [2.05, 4.69) is 5.32 Å². The van der Waals surface area contributed by atoms with Crippen LogP contribution in [0.2, 0.25) is 5.02 Å². The summed E-state index contributed by atoms with van der Waals surface area (Å²) in [6.45, 7) is 2.37. The number of amides is 2. The third-order valence-electron chi connectivity index (χ3n) is 4.22. The van der Waals surface area contributed by atoms with E-state index >= 15 is 0 Å². The van der Waals surface area contributed by atoms with Crippen LogP contribution in [0.1, 0.15) is 11.1 Å². The monoisotopic (exact) mass is 358 g/mol. The molecular formula is C19H19ClN2O3. The summed E-state index contributed by atoms with van der Waals surface area (Å²) in [5.74, 6) is -0.479. The second-order valence-corrected chi connectivity index (χ2v) is 6.35. The van der Waals surface area contributed by atoms with Crippen molar-refractivity contribution in [2.45, 2.75) is 19.5 Å². The number of anilines is 1. The van der Waals surface area contributed by atoms with Gasteiger partial charge in [0.1, 0.15) is 12.6 Å². The summed E-state index contributed by atoms with van der Waals surface area (Å²) in [4.78, 5) is 26.6. The highest BCUT2D eigenvalue weighted by molar-refractivity contribution is 6.31. The minimum absolute atomic E-state index is 0.00714. The fourth-order valence-corrected chi connectivity index (χ4v) is 2.93. The lowest BCUT2D eigenvalue weighted by molar-refractivity contribution is -0.154. The van der Waals surface area contributed by atoms with Gasteiger partial charge in [-0.15, -0.1) is 0 Å². The van der Waals surface area contributed by atoms with Gasteiger partial charge in [0.15, 0.2) is 0 Å². The number of hydrogen-bond acceptors (Lipinski definition) is 3. The Morgan fingerprint density at radius 3 is 2.76 bits per heavy atom. The lowest BCUT2D eigenvalue weighted by atomic mass is 10.1. The molecule has 1 aliphatic heterocycles. The van der Waals surface area contributed by atoms with Crippen molar-refractivity contribution in [3.05, 3.63) is 64.7 Å². The Bertz CT molecular complexity index is 779. The molecule has 0 spiro atoms. The van der Waals surface area contributed by atoms with Crippen LogP contribution in [0, 0.1) is 6.92 Å². The smallest absolute Gasteiger partial charge is 0.249 e. The van der Waals surface area contributed by atoms with E-state index in [9.17, 15) is 9.59 Å². The number of halogens is 1. The lowest BCUT2D eigenvalue weighted by Gasteiger charge is -2.34. The molecule has 1 heterocycles. The zero-order chi connectivity index (χ0) is 17.8. The van der Waals surface area contributed by atoms with Gasteiger partial charge in [-0.3, -0.25) is 9.59 Å². The quantitative estimate of drug-likeness (QED) is 0.914. The molecule has 0 bridgehead atoms. The molecule has 1 N–H and O–H groups in total. The van der Waals surface area contributed by atoms with Crippen LogP contribution in [-0.4, -0.2) is 36.0 Å².